The minimum absolute atomic E-state index is 0.362. The average Bonchev–Trinajstić information content (AvgIpc) is 2.47. The van der Waals surface area contributed by atoms with E-state index >= 15 is 0 Å². The Hall–Kier alpha value is -1.78. The second-order valence-corrected chi connectivity index (χ2v) is 2.47. The minimum Gasteiger partial charge on any atom is -0.480 e. The maximum absolute atomic E-state index is 11.2. The Kier molecular flexibility index (Phi) is 2.69. The molecule has 70 valence electrons. The quantitative estimate of drug-likeness (QED) is 0.710. The molecule has 1 aromatic rings. The van der Waals surface area contributed by atoms with Crippen LogP contribution in [0.2, 0.25) is 0 Å². The van der Waals surface area contributed by atoms with Crippen LogP contribution < -0.4 is 5.32 Å². The van der Waals surface area contributed by atoms with E-state index < -0.39 is 11.9 Å². The fourth-order valence-electron chi connectivity index (χ4n) is 0.872. The summed E-state index contributed by atoms with van der Waals surface area (Å²) in [5, 5.41) is 10.5. The van der Waals surface area contributed by atoms with Crippen molar-refractivity contribution in [3.63, 3.8) is 0 Å². The summed E-state index contributed by atoms with van der Waals surface area (Å²) >= 11 is 0. The van der Waals surface area contributed by atoms with Gasteiger partial charge in [-0.3, -0.25) is 9.59 Å². The number of aryl methyl sites for hydroxylation is 1. The largest absolute Gasteiger partial charge is 0.480 e. The molecule has 0 fully saturated rings. The van der Waals surface area contributed by atoms with Gasteiger partial charge in [0.2, 0.25) is 0 Å². The molecule has 0 saturated carbocycles. The number of carboxylic acids is 1. The molecule has 0 aromatic carbocycles. The lowest BCUT2D eigenvalue weighted by atomic mass is 10.2. The molecule has 1 amide bonds. The van der Waals surface area contributed by atoms with Crippen LogP contribution in [0.1, 0.15) is 16.1 Å². The van der Waals surface area contributed by atoms with Gasteiger partial charge in [-0.15, -0.1) is 0 Å². The van der Waals surface area contributed by atoms with E-state index in [2.05, 4.69) is 5.32 Å². The van der Waals surface area contributed by atoms with Crippen molar-refractivity contribution in [2.24, 2.45) is 0 Å². The number of hydrogen-bond donors (Lipinski definition) is 2. The van der Waals surface area contributed by atoms with Gasteiger partial charge >= 0.3 is 5.97 Å². The lowest BCUT2D eigenvalue weighted by molar-refractivity contribution is -0.135. The van der Waals surface area contributed by atoms with Crippen LogP contribution in [0.3, 0.4) is 0 Å². The van der Waals surface area contributed by atoms with Crippen molar-refractivity contribution in [1.82, 2.24) is 5.32 Å². The molecule has 0 saturated heterocycles. The Bertz CT molecular complexity index is 329. The third kappa shape index (κ3) is 2.33. The van der Waals surface area contributed by atoms with Crippen LogP contribution in [0.25, 0.3) is 0 Å². The van der Waals surface area contributed by atoms with Crippen molar-refractivity contribution < 1.29 is 19.1 Å². The molecule has 0 aliphatic rings. The fourth-order valence-corrected chi connectivity index (χ4v) is 0.872. The van der Waals surface area contributed by atoms with E-state index in [1.54, 1.807) is 6.92 Å². The van der Waals surface area contributed by atoms with Crippen molar-refractivity contribution in [2.45, 2.75) is 6.92 Å². The Labute approximate surface area is 74.4 Å². The van der Waals surface area contributed by atoms with Gasteiger partial charge in [-0.05, 0) is 13.0 Å². The van der Waals surface area contributed by atoms with Crippen molar-refractivity contribution in [3.8, 4) is 0 Å². The van der Waals surface area contributed by atoms with Crippen LogP contribution in [0, 0.1) is 6.92 Å². The van der Waals surface area contributed by atoms with Crippen LogP contribution in [-0.4, -0.2) is 23.5 Å². The molecule has 0 aliphatic heterocycles. The van der Waals surface area contributed by atoms with E-state index in [4.69, 9.17) is 9.52 Å². The summed E-state index contributed by atoms with van der Waals surface area (Å²) in [6.45, 7) is 1.25. The fraction of sp³-hybridized carbons (Fsp3) is 0.250. The Morgan fingerprint density at radius 1 is 1.62 bits per heavy atom. The summed E-state index contributed by atoms with van der Waals surface area (Å²) in [6.07, 6.45) is 1.38. The normalized spacial score (nSPS) is 9.62. The predicted octanol–water partition coefficient (Wildman–Crippen LogP) is 0.402. The Morgan fingerprint density at radius 3 is 2.77 bits per heavy atom. The van der Waals surface area contributed by atoms with E-state index in [0.29, 0.717) is 11.3 Å². The number of nitrogens with one attached hydrogen (secondary N) is 1. The first-order valence-corrected chi connectivity index (χ1v) is 3.65. The first-order valence-electron chi connectivity index (χ1n) is 3.65. The van der Waals surface area contributed by atoms with Gasteiger partial charge in [-0.1, -0.05) is 0 Å². The zero-order valence-corrected chi connectivity index (χ0v) is 7.03. The molecule has 0 unspecified atom stereocenters. The van der Waals surface area contributed by atoms with Gasteiger partial charge in [0.15, 0.2) is 0 Å². The monoisotopic (exact) mass is 183 g/mol. The van der Waals surface area contributed by atoms with Crippen LogP contribution in [0.15, 0.2) is 16.7 Å². The van der Waals surface area contributed by atoms with Gasteiger partial charge in [0.1, 0.15) is 12.3 Å². The standard InChI is InChI=1S/C8H9NO4/c1-5-6(2-3-13-5)8(12)9-4-7(10)11/h2-3H,4H2,1H3,(H,9,12)(H,10,11). The van der Waals surface area contributed by atoms with Gasteiger partial charge < -0.3 is 14.8 Å². The van der Waals surface area contributed by atoms with Crippen LogP contribution in [0.4, 0.5) is 0 Å². The molecule has 5 nitrogen and oxygen atoms in total. The first-order chi connectivity index (χ1) is 6.11. The molecule has 1 heterocycles. The third-order valence-electron chi connectivity index (χ3n) is 1.50. The molecule has 0 bridgehead atoms. The lowest BCUT2D eigenvalue weighted by Crippen LogP contribution is -2.29. The third-order valence-corrected chi connectivity index (χ3v) is 1.50. The summed E-state index contributed by atoms with van der Waals surface area (Å²) in [6, 6.07) is 1.49. The summed E-state index contributed by atoms with van der Waals surface area (Å²) in [7, 11) is 0. The van der Waals surface area contributed by atoms with E-state index in [1.165, 1.54) is 12.3 Å². The molecule has 0 aliphatic carbocycles. The van der Waals surface area contributed by atoms with Crippen LogP contribution >= 0.6 is 0 Å². The maximum Gasteiger partial charge on any atom is 0.322 e. The van der Waals surface area contributed by atoms with Crippen LogP contribution in [0.5, 0.6) is 0 Å². The van der Waals surface area contributed by atoms with Gasteiger partial charge in [0, 0.05) is 0 Å². The number of carbonyl (C=O) groups is 2. The molecule has 0 spiro atoms. The SMILES string of the molecule is Cc1occc1C(=O)NCC(=O)O. The minimum atomic E-state index is -1.07. The predicted molar refractivity (Wildman–Crippen MR) is 43.4 cm³/mol. The topological polar surface area (TPSA) is 79.5 Å². The van der Waals surface area contributed by atoms with Crippen molar-refractivity contribution >= 4 is 11.9 Å². The highest BCUT2D eigenvalue weighted by Crippen LogP contribution is 2.07. The highest BCUT2D eigenvalue weighted by molar-refractivity contribution is 5.96. The smallest absolute Gasteiger partial charge is 0.322 e. The molecule has 0 atom stereocenters. The molecule has 2 N–H and O–H groups in total. The summed E-state index contributed by atoms with van der Waals surface area (Å²) in [5.41, 5.74) is 0.362. The lowest BCUT2D eigenvalue weighted by Gasteiger charge is -1.99. The number of hydrogen-bond acceptors (Lipinski definition) is 3. The summed E-state index contributed by atoms with van der Waals surface area (Å²) in [5.74, 6) is -1.04. The first kappa shape index (κ1) is 9.31. The maximum atomic E-state index is 11.2. The van der Waals surface area contributed by atoms with E-state index in [1.807, 2.05) is 0 Å². The van der Waals surface area contributed by atoms with Gasteiger partial charge in [-0.25, -0.2) is 0 Å². The van der Waals surface area contributed by atoms with Crippen molar-refractivity contribution in [1.29, 1.82) is 0 Å². The number of carbonyl (C=O) groups excluding carboxylic acids is 1. The molecular formula is C8H9NO4. The highest BCUT2D eigenvalue weighted by atomic mass is 16.4. The second kappa shape index (κ2) is 3.75. The zero-order valence-electron chi connectivity index (χ0n) is 7.03. The van der Waals surface area contributed by atoms with E-state index in [0.717, 1.165) is 0 Å². The highest BCUT2D eigenvalue weighted by Gasteiger charge is 2.11. The average molecular weight is 183 g/mol. The number of furan rings is 1. The van der Waals surface area contributed by atoms with Crippen molar-refractivity contribution in [3.05, 3.63) is 23.7 Å². The van der Waals surface area contributed by atoms with E-state index in [9.17, 15) is 9.59 Å². The summed E-state index contributed by atoms with van der Waals surface area (Å²) < 4.78 is 4.88. The van der Waals surface area contributed by atoms with Gasteiger partial charge in [0.25, 0.3) is 5.91 Å². The molecule has 1 rings (SSSR count). The molecule has 0 radical (unpaired) electrons. The Morgan fingerprint density at radius 2 is 2.31 bits per heavy atom. The van der Waals surface area contributed by atoms with Crippen molar-refractivity contribution in [2.75, 3.05) is 6.54 Å². The number of aliphatic carboxylic acids is 1. The van der Waals surface area contributed by atoms with Gasteiger partial charge in [0.05, 0.1) is 11.8 Å². The summed E-state index contributed by atoms with van der Waals surface area (Å²) in [4.78, 5) is 21.3. The molecule has 13 heavy (non-hydrogen) atoms. The van der Waals surface area contributed by atoms with E-state index in [-0.39, 0.29) is 6.54 Å². The number of carboxylic acid groups (broad SMARTS) is 1. The molecular weight excluding hydrogens is 174 g/mol. The zero-order chi connectivity index (χ0) is 9.84. The molecule has 1 aromatic heterocycles. The Balaban J connectivity index is 2.59. The second-order valence-electron chi connectivity index (χ2n) is 2.47. The van der Waals surface area contributed by atoms with Gasteiger partial charge in [-0.2, -0.15) is 0 Å². The van der Waals surface area contributed by atoms with Crippen LogP contribution in [-0.2, 0) is 4.79 Å². The number of amides is 1. The number of rotatable bonds is 3. The molecule has 5 heteroatoms.